The number of hydrogen-bond donors (Lipinski definition) is 1. The summed E-state index contributed by atoms with van der Waals surface area (Å²) in [7, 11) is 0. The molecule has 2 N–H and O–H groups in total. The van der Waals surface area contributed by atoms with Crippen molar-refractivity contribution in [2.75, 3.05) is 12.3 Å². The molecule has 1 rings (SSSR count). The van der Waals surface area contributed by atoms with Crippen LogP contribution in [-0.4, -0.2) is 22.4 Å². The van der Waals surface area contributed by atoms with Gasteiger partial charge in [0.2, 0.25) is 0 Å². The van der Waals surface area contributed by atoms with Crippen molar-refractivity contribution in [3.63, 3.8) is 0 Å². The number of esters is 1. The smallest absolute Gasteiger partial charge is 0.327 e. The van der Waals surface area contributed by atoms with Gasteiger partial charge >= 0.3 is 5.97 Å². The van der Waals surface area contributed by atoms with Crippen molar-refractivity contribution in [2.24, 2.45) is 5.92 Å². The van der Waals surface area contributed by atoms with Crippen LogP contribution in [0.4, 0.5) is 5.69 Å². The highest BCUT2D eigenvalue weighted by molar-refractivity contribution is 5.69. The van der Waals surface area contributed by atoms with Crippen molar-refractivity contribution < 1.29 is 9.53 Å². The van der Waals surface area contributed by atoms with Crippen LogP contribution in [0.25, 0.3) is 0 Å². The van der Waals surface area contributed by atoms with Gasteiger partial charge in [-0.15, -0.1) is 0 Å². The fourth-order valence-corrected chi connectivity index (χ4v) is 1.84. The normalized spacial score (nSPS) is 12.4. The maximum absolute atomic E-state index is 11.7. The van der Waals surface area contributed by atoms with Gasteiger partial charge in [-0.2, -0.15) is 5.10 Å². The Morgan fingerprint density at radius 1 is 1.50 bits per heavy atom. The molecule has 1 unspecified atom stereocenters. The topological polar surface area (TPSA) is 70.1 Å². The van der Waals surface area contributed by atoms with Crippen molar-refractivity contribution in [1.82, 2.24) is 9.78 Å². The van der Waals surface area contributed by atoms with E-state index in [1.165, 1.54) is 0 Å². The number of rotatable bonds is 6. The molecule has 0 saturated carbocycles. The molecular formula is C13H23N3O2. The van der Waals surface area contributed by atoms with E-state index in [2.05, 4.69) is 18.9 Å². The lowest BCUT2D eigenvalue weighted by Crippen LogP contribution is -2.18. The van der Waals surface area contributed by atoms with Crippen LogP contribution in [-0.2, 0) is 16.1 Å². The van der Waals surface area contributed by atoms with E-state index in [1.54, 1.807) is 4.68 Å². The van der Waals surface area contributed by atoms with Crippen LogP contribution in [0.15, 0.2) is 0 Å². The summed E-state index contributed by atoms with van der Waals surface area (Å²) in [5.74, 6) is 0.146. The van der Waals surface area contributed by atoms with E-state index in [9.17, 15) is 4.79 Å². The van der Waals surface area contributed by atoms with E-state index in [-0.39, 0.29) is 12.5 Å². The van der Waals surface area contributed by atoms with Crippen LogP contribution in [0.2, 0.25) is 0 Å². The van der Waals surface area contributed by atoms with Crippen LogP contribution in [0.1, 0.15) is 38.1 Å². The van der Waals surface area contributed by atoms with Gasteiger partial charge in [0.25, 0.3) is 0 Å². The number of hydrogen-bond acceptors (Lipinski definition) is 4. The molecule has 18 heavy (non-hydrogen) atoms. The summed E-state index contributed by atoms with van der Waals surface area (Å²) in [6, 6.07) is 0. The molecule has 0 aromatic carbocycles. The Morgan fingerprint density at radius 3 is 2.67 bits per heavy atom. The van der Waals surface area contributed by atoms with Crippen molar-refractivity contribution in [2.45, 2.75) is 47.1 Å². The molecule has 0 spiro atoms. The minimum absolute atomic E-state index is 0.128. The average Bonchev–Trinajstić information content (AvgIpc) is 2.55. The molecule has 1 heterocycles. The average molecular weight is 253 g/mol. The third kappa shape index (κ3) is 3.75. The molecule has 0 amide bonds. The first-order valence-electron chi connectivity index (χ1n) is 6.40. The van der Waals surface area contributed by atoms with E-state index in [1.807, 2.05) is 13.8 Å². The van der Waals surface area contributed by atoms with Gasteiger partial charge in [-0.3, -0.25) is 9.48 Å². The van der Waals surface area contributed by atoms with Gasteiger partial charge in [0.05, 0.1) is 23.7 Å². The molecule has 0 saturated heterocycles. The van der Waals surface area contributed by atoms with Crippen LogP contribution in [0, 0.1) is 19.8 Å². The van der Waals surface area contributed by atoms with E-state index in [4.69, 9.17) is 10.5 Å². The second-order valence-electron chi connectivity index (χ2n) is 4.82. The van der Waals surface area contributed by atoms with Gasteiger partial charge in [-0.1, -0.05) is 20.3 Å². The Labute approximate surface area is 108 Å². The van der Waals surface area contributed by atoms with Crippen molar-refractivity contribution in [3.05, 3.63) is 11.4 Å². The van der Waals surface area contributed by atoms with E-state index >= 15 is 0 Å². The third-order valence-corrected chi connectivity index (χ3v) is 3.03. The monoisotopic (exact) mass is 253 g/mol. The molecule has 1 atom stereocenters. The number of ether oxygens (including phenoxy) is 1. The summed E-state index contributed by atoms with van der Waals surface area (Å²) in [5, 5.41) is 4.20. The fraction of sp³-hybridized carbons (Fsp3) is 0.692. The molecule has 5 nitrogen and oxygen atoms in total. The predicted octanol–water partition coefficient (Wildman–Crippen LogP) is 2.06. The van der Waals surface area contributed by atoms with Crippen LogP contribution in [0.3, 0.4) is 0 Å². The minimum atomic E-state index is -0.261. The standard InChI is InChI=1S/C13H23N3O2/c1-5-6-9(2)8-18-12(17)7-16-11(4)13(14)10(3)15-16/h9H,5-8,14H2,1-4H3. The highest BCUT2D eigenvalue weighted by Gasteiger charge is 2.13. The summed E-state index contributed by atoms with van der Waals surface area (Å²) < 4.78 is 6.82. The zero-order valence-electron chi connectivity index (χ0n) is 11.7. The highest BCUT2D eigenvalue weighted by atomic mass is 16.5. The number of nitrogens with zero attached hydrogens (tertiary/aromatic N) is 2. The molecular weight excluding hydrogens is 230 g/mol. The minimum Gasteiger partial charge on any atom is -0.464 e. The number of carbonyl (C=O) groups is 1. The third-order valence-electron chi connectivity index (χ3n) is 3.03. The first-order valence-corrected chi connectivity index (χ1v) is 6.40. The summed E-state index contributed by atoms with van der Waals surface area (Å²) in [4.78, 5) is 11.7. The summed E-state index contributed by atoms with van der Waals surface area (Å²) >= 11 is 0. The Kier molecular flexibility index (Phi) is 5.19. The molecule has 1 aromatic rings. The zero-order valence-corrected chi connectivity index (χ0v) is 11.7. The zero-order chi connectivity index (χ0) is 13.7. The van der Waals surface area contributed by atoms with Crippen LogP contribution in [0.5, 0.6) is 0 Å². The first kappa shape index (κ1) is 14.5. The summed E-state index contributed by atoms with van der Waals surface area (Å²) in [6.07, 6.45) is 2.17. The SMILES string of the molecule is CCCC(C)COC(=O)Cn1nc(C)c(N)c1C. The second kappa shape index (κ2) is 6.42. The molecule has 0 aliphatic carbocycles. The van der Waals surface area contributed by atoms with Gasteiger partial charge in [-0.05, 0) is 26.2 Å². The molecule has 0 aliphatic rings. The second-order valence-corrected chi connectivity index (χ2v) is 4.82. The molecule has 0 aliphatic heterocycles. The molecule has 5 heteroatoms. The first-order chi connectivity index (χ1) is 8.45. The summed E-state index contributed by atoms with van der Waals surface area (Å²) in [5.41, 5.74) is 8.01. The van der Waals surface area contributed by atoms with E-state index < -0.39 is 0 Å². The number of anilines is 1. The molecule has 0 radical (unpaired) electrons. The van der Waals surface area contributed by atoms with Crippen molar-refractivity contribution in [1.29, 1.82) is 0 Å². The van der Waals surface area contributed by atoms with Gasteiger partial charge in [0, 0.05) is 0 Å². The Bertz CT molecular complexity index is 413. The van der Waals surface area contributed by atoms with Gasteiger partial charge in [0.1, 0.15) is 6.54 Å². The predicted molar refractivity (Wildman–Crippen MR) is 71.1 cm³/mol. The highest BCUT2D eigenvalue weighted by Crippen LogP contribution is 2.14. The van der Waals surface area contributed by atoms with E-state index in [0.29, 0.717) is 18.2 Å². The number of aryl methyl sites for hydroxylation is 1. The molecule has 0 bridgehead atoms. The largest absolute Gasteiger partial charge is 0.464 e. The number of nitrogen functional groups attached to an aromatic ring is 1. The number of nitrogens with two attached hydrogens (primary N) is 1. The maximum atomic E-state index is 11.7. The molecule has 0 fully saturated rings. The van der Waals surface area contributed by atoms with Gasteiger partial charge in [0.15, 0.2) is 0 Å². The van der Waals surface area contributed by atoms with Crippen molar-refractivity contribution in [3.8, 4) is 0 Å². The molecule has 1 aromatic heterocycles. The fourth-order valence-electron chi connectivity index (χ4n) is 1.84. The Morgan fingerprint density at radius 2 is 2.17 bits per heavy atom. The lowest BCUT2D eigenvalue weighted by atomic mass is 10.1. The van der Waals surface area contributed by atoms with Crippen LogP contribution < -0.4 is 5.73 Å². The summed E-state index contributed by atoms with van der Waals surface area (Å²) in [6.45, 7) is 8.48. The molecule has 102 valence electrons. The number of carbonyl (C=O) groups excluding carboxylic acids is 1. The Balaban J connectivity index is 2.47. The quantitative estimate of drug-likeness (QED) is 0.788. The lowest BCUT2D eigenvalue weighted by molar-refractivity contribution is -0.145. The van der Waals surface area contributed by atoms with Gasteiger partial charge < -0.3 is 10.5 Å². The van der Waals surface area contributed by atoms with E-state index in [0.717, 1.165) is 24.2 Å². The Hall–Kier alpha value is -1.52. The lowest BCUT2D eigenvalue weighted by Gasteiger charge is -2.11. The maximum Gasteiger partial charge on any atom is 0.327 e. The van der Waals surface area contributed by atoms with Gasteiger partial charge in [-0.25, -0.2) is 0 Å². The number of aromatic nitrogens is 2. The van der Waals surface area contributed by atoms with Crippen molar-refractivity contribution >= 4 is 11.7 Å². The van der Waals surface area contributed by atoms with Crippen LogP contribution >= 0.6 is 0 Å².